The molecule has 3 nitrogen and oxygen atoms in total. The van der Waals surface area contributed by atoms with Gasteiger partial charge < -0.3 is 5.73 Å². The van der Waals surface area contributed by atoms with Crippen molar-refractivity contribution in [1.29, 1.82) is 0 Å². The molecular weight excluding hydrogens is 290 g/mol. The molecule has 2 N–H and O–H groups in total. The van der Waals surface area contributed by atoms with E-state index >= 15 is 0 Å². The minimum Gasteiger partial charge on any atom is -0.319 e. The molecule has 1 unspecified atom stereocenters. The molecule has 1 atom stereocenters. The van der Waals surface area contributed by atoms with E-state index in [4.69, 9.17) is 5.73 Å². The summed E-state index contributed by atoms with van der Waals surface area (Å²) in [7, 11) is 0. The van der Waals surface area contributed by atoms with Crippen molar-refractivity contribution in [2.75, 3.05) is 0 Å². The second kappa shape index (κ2) is 5.67. The zero-order chi connectivity index (χ0) is 13.1. The minimum atomic E-state index is -0.128. The first kappa shape index (κ1) is 13.3. The second-order valence-electron chi connectivity index (χ2n) is 4.46. The van der Waals surface area contributed by atoms with Gasteiger partial charge in [0.25, 0.3) is 0 Å². The molecule has 2 aromatic rings. The summed E-state index contributed by atoms with van der Waals surface area (Å²) >= 11 is 3.50. The molecule has 1 aromatic carbocycles. The zero-order valence-electron chi connectivity index (χ0n) is 10.7. The molecule has 2 rings (SSSR count). The average molecular weight is 308 g/mol. The number of aryl methyl sites for hydroxylation is 2. The molecule has 0 aliphatic rings. The van der Waals surface area contributed by atoms with Crippen LogP contribution in [-0.4, -0.2) is 9.78 Å². The molecule has 0 saturated carbocycles. The van der Waals surface area contributed by atoms with Crippen LogP contribution >= 0.6 is 15.9 Å². The number of halogens is 1. The number of benzene rings is 1. The third kappa shape index (κ3) is 2.65. The van der Waals surface area contributed by atoms with Gasteiger partial charge in [-0.05, 0) is 42.7 Å². The van der Waals surface area contributed by atoms with Crippen LogP contribution < -0.4 is 5.73 Å². The van der Waals surface area contributed by atoms with Gasteiger partial charge in [0.15, 0.2) is 0 Å². The van der Waals surface area contributed by atoms with Crippen LogP contribution in [0.3, 0.4) is 0 Å². The summed E-state index contributed by atoms with van der Waals surface area (Å²) in [6.45, 7) is 5.13. The smallest absolute Gasteiger partial charge is 0.0726 e. The molecule has 0 bridgehead atoms. The van der Waals surface area contributed by atoms with Gasteiger partial charge in [-0.15, -0.1) is 0 Å². The van der Waals surface area contributed by atoms with Crippen LogP contribution in [0.5, 0.6) is 0 Å². The van der Waals surface area contributed by atoms with Gasteiger partial charge in [0, 0.05) is 17.2 Å². The Kier molecular flexibility index (Phi) is 4.19. The lowest BCUT2D eigenvalue weighted by Crippen LogP contribution is -2.18. The van der Waals surface area contributed by atoms with E-state index in [1.807, 2.05) is 23.0 Å². The summed E-state index contributed by atoms with van der Waals surface area (Å²) < 4.78 is 3.05. The van der Waals surface area contributed by atoms with Crippen molar-refractivity contribution >= 4 is 15.9 Å². The molecule has 96 valence electrons. The molecule has 0 aliphatic heterocycles. The van der Waals surface area contributed by atoms with Gasteiger partial charge in [-0.25, -0.2) is 0 Å². The first-order valence-corrected chi connectivity index (χ1v) is 6.96. The number of nitrogens with zero attached hydrogens (tertiary/aromatic N) is 2. The maximum Gasteiger partial charge on any atom is 0.0726 e. The van der Waals surface area contributed by atoms with Crippen molar-refractivity contribution in [2.24, 2.45) is 5.73 Å². The molecule has 1 heterocycles. The highest BCUT2D eigenvalue weighted by Crippen LogP contribution is 2.25. The lowest BCUT2D eigenvalue weighted by molar-refractivity contribution is 0.559. The third-order valence-electron chi connectivity index (χ3n) is 3.08. The molecule has 0 spiro atoms. The van der Waals surface area contributed by atoms with Crippen LogP contribution in [0.2, 0.25) is 0 Å². The Hall–Kier alpha value is -1.13. The standard InChI is InChI=1S/C14H18BrN3/c1-3-8-18-13(6-7-17-18)14(16)12-9-11(15)5-4-10(12)2/h4-7,9,14H,3,8,16H2,1-2H3. The predicted molar refractivity (Wildman–Crippen MR) is 77.4 cm³/mol. The van der Waals surface area contributed by atoms with Gasteiger partial charge in [0.05, 0.1) is 11.7 Å². The van der Waals surface area contributed by atoms with E-state index in [0.717, 1.165) is 28.7 Å². The average Bonchev–Trinajstić information content (AvgIpc) is 2.80. The van der Waals surface area contributed by atoms with E-state index in [9.17, 15) is 0 Å². The predicted octanol–water partition coefficient (Wildman–Crippen LogP) is 3.41. The molecular formula is C14H18BrN3. The van der Waals surface area contributed by atoms with Crippen molar-refractivity contribution in [3.05, 3.63) is 51.8 Å². The van der Waals surface area contributed by atoms with E-state index in [2.05, 4.69) is 47.0 Å². The van der Waals surface area contributed by atoms with Gasteiger partial charge in [0.2, 0.25) is 0 Å². The summed E-state index contributed by atoms with van der Waals surface area (Å²) in [5.41, 5.74) is 9.79. The van der Waals surface area contributed by atoms with Crippen LogP contribution in [0.1, 0.15) is 36.2 Å². The van der Waals surface area contributed by atoms with Gasteiger partial charge >= 0.3 is 0 Å². The molecule has 1 aromatic heterocycles. The molecule has 0 fully saturated rings. The number of aromatic nitrogens is 2. The molecule has 18 heavy (non-hydrogen) atoms. The van der Waals surface area contributed by atoms with Gasteiger partial charge in [-0.1, -0.05) is 28.9 Å². The number of hydrogen-bond acceptors (Lipinski definition) is 2. The van der Waals surface area contributed by atoms with E-state index in [1.165, 1.54) is 5.56 Å². The second-order valence-corrected chi connectivity index (χ2v) is 5.37. The Labute approximate surface area is 116 Å². The van der Waals surface area contributed by atoms with Crippen LogP contribution in [0.25, 0.3) is 0 Å². The summed E-state index contributed by atoms with van der Waals surface area (Å²) in [4.78, 5) is 0. The van der Waals surface area contributed by atoms with Crippen molar-refractivity contribution in [3.63, 3.8) is 0 Å². The Balaban J connectivity index is 2.38. The van der Waals surface area contributed by atoms with E-state index < -0.39 is 0 Å². The van der Waals surface area contributed by atoms with E-state index in [1.54, 1.807) is 0 Å². The van der Waals surface area contributed by atoms with Crippen LogP contribution in [0.15, 0.2) is 34.9 Å². The molecule has 0 radical (unpaired) electrons. The largest absolute Gasteiger partial charge is 0.319 e. The van der Waals surface area contributed by atoms with Gasteiger partial charge in [0.1, 0.15) is 0 Å². The first-order chi connectivity index (χ1) is 8.63. The van der Waals surface area contributed by atoms with Gasteiger partial charge in [-0.3, -0.25) is 4.68 Å². The van der Waals surface area contributed by atoms with Crippen molar-refractivity contribution in [3.8, 4) is 0 Å². The highest BCUT2D eigenvalue weighted by molar-refractivity contribution is 9.10. The van der Waals surface area contributed by atoms with Gasteiger partial charge in [-0.2, -0.15) is 5.10 Å². The molecule has 0 amide bonds. The normalized spacial score (nSPS) is 12.7. The molecule has 0 aliphatic carbocycles. The topological polar surface area (TPSA) is 43.8 Å². The SMILES string of the molecule is CCCn1nccc1C(N)c1cc(Br)ccc1C. The number of hydrogen-bond donors (Lipinski definition) is 1. The van der Waals surface area contributed by atoms with Crippen LogP contribution in [-0.2, 0) is 6.54 Å². The Morgan fingerprint density at radius 1 is 1.39 bits per heavy atom. The quantitative estimate of drug-likeness (QED) is 0.940. The highest BCUT2D eigenvalue weighted by atomic mass is 79.9. The lowest BCUT2D eigenvalue weighted by Gasteiger charge is -2.17. The Morgan fingerprint density at radius 3 is 2.89 bits per heavy atom. The van der Waals surface area contributed by atoms with Crippen molar-refractivity contribution in [2.45, 2.75) is 32.9 Å². The summed E-state index contributed by atoms with van der Waals surface area (Å²) in [6.07, 6.45) is 2.87. The minimum absolute atomic E-state index is 0.128. The summed E-state index contributed by atoms with van der Waals surface area (Å²) in [5, 5.41) is 4.33. The lowest BCUT2D eigenvalue weighted by atomic mass is 9.99. The third-order valence-corrected chi connectivity index (χ3v) is 3.57. The number of nitrogens with two attached hydrogens (primary N) is 1. The van der Waals surface area contributed by atoms with Crippen LogP contribution in [0.4, 0.5) is 0 Å². The van der Waals surface area contributed by atoms with Crippen LogP contribution in [0, 0.1) is 6.92 Å². The Morgan fingerprint density at radius 2 is 2.17 bits per heavy atom. The van der Waals surface area contributed by atoms with E-state index in [0.29, 0.717) is 0 Å². The number of rotatable bonds is 4. The van der Waals surface area contributed by atoms with E-state index in [-0.39, 0.29) is 6.04 Å². The van der Waals surface area contributed by atoms with Crippen molar-refractivity contribution in [1.82, 2.24) is 9.78 Å². The fourth-order valence-corrected chi connectivity index (χ4v) is 2.49. The molecule has 0 saturated heterocycles. The fourth-order valence-electron chi connectivity index (χ4n) is 2.11. The summed E-state index contributed by atoms with van der Waals surface area (Å²) in [5.74, 6) is 0. The first-order valence-electron chi connectivity index (χ1n) is 6.16. The van der Waals surface area contributed by atoms with Crippen molar-refractivity contribution < 1.29 is 0 Å². The summed E-state index contributed by atoms with van der Waals surface area (Å²) in [6, 6.07) is 8.08. The Bertz CT molecular complexity index is 534. The highest BCUT2D eigenvalue weighted by Gasteiger charge is 2.15. The zero-order valence-corrected chi connectivity index (χ0v) is 12.3. The monoisotopic (exact) mass is 307 g/mol. The maximum absolute atomic E-state index is 6.38. The maximum atomic E-state index is 6.38. The molecule has 4 heteroatoms. The fraction of sp³-hybridized carbons (Fsp3) is 0.357.